The molecule has 0 aliphatic carbocycles. The van der Waals surface area contributed by atoms with Crippen LogP contribution in [-0.2, 0) is 21.2 Å². The van der Waals surface area contributed by atoms with Crippen LogP contribution in [0.2, 0.25) is 0 Å². The predicted octanol–water partition coefficient (Wildman–Crippen LogP) is 6.63. The minimum Gasteiger partial charge on any atom is -0.481 e. The second kappa shape index (κ2) is 12.0. The third-order valence-electron chi connectivity index (χ3n) is 6.72. The molecule has 2 unspecified atom stereocenters. The number of anilines is 1. The van der Waals surface area contributed by atoms with Crippen LogP contribution in [0.15, 0.2) is 60.7 Å². The van der Waals surface area contributed by atoms with Gasteiger partial charge in [-0.15, -0.1) is 0 Å². The maximum absolute atomic E-state index is 13.2. The van der Waals surface area contributed by atoms with E-state index in [-0.39, 0.29) is 11.7 Å². The third kappa shape index (κ3) is 7.06. The molecular formula is C29H31F2NO6S. The Labute approximate surface area is 226 Å². The number of unbranched alkanes of at least 4 members (excludes halogenated alkanes) is 1. The second-order valence-electron chi connectivity index (χ2n) is 9.62. The van der Waals surface area contributed by atoms with Crippen LogP contribution < -0.4 is 14.2 Å². The van der Waals surface area contributed by atoms with Crippen molar-refractivity contribution in [2.24, 2.45) is 5.92 Å². The number of carbonyl (C=O) groups is 1. The van der Waals surface area contributed by atoms with Gasteiger partial charge in [-0.05, 0) is 66.6 Å². The van der Waals surface area contributed by atoms with Gasteiger partial charge in [-0.2, -0.15) is 8.78 Å². The second-order valence-corrected chi connectivity index (χ2v) is 11.4. The van der Waals surface area contributed by atoms with Gasteiger partial charge in [-0.25, -0.2) is 8.42 Å². The van der Waals surface area contributed by atoms with E-state index in [9.17, 15) is 27.1 Å². The number of benzene rings is 3. The number of rotatable bonds is 12. The smallest absolute Gasteiger partial charge is 0.387 e. The summed E-state index contributed by atoms with van der Waals surface area (Å²) >= 11 is 0. The summed E-state index contributed by atoms with van der Waals surface area (Å²) in [6, 6.07) is 17.4. The summed E-state index contributed by atoms with van der Waals surface area (Å²) in [6.45, 7) is -1.15. The van der Waals surface area contributed by atoms with Gasteiger partial charge in [-0.3, -0.25) is 9.52 Å². The Morgan fingerprint density at radius 3 is 2.56 bits per heavy atom. The first kappa shape index (κ1) is 28.4. The summed E-state index contributed by atoms with van der Waals surface area (Å²) < 4.78 is 63.7. The highest BCUT2D eigenvalue weighted by atomic mass is 32.2. The van der Waals surface area contributed by atoms with Gasteiger partial charge in [-0.1, -0.05) is 49.7 Å². The molecule has 10 heteroatoms. The average Bonchev–Trinajstić information content (AvgIpc) is 2.87. The van der Waals surface area contributed by atoms with E-state index in [2.05, 4.69) is 4.72 Å². The van der Waals surface area contributed by atoms with E-state index in [1.54, 1.807) is 30.3 Å². The summed E-state index contributed by atoms with van der Waals surface area (Å²) in [6.07, 6.45) is 4.01. The molecule has 0 saturated carbocycles. The minimum absolute atomic E-state index is 0.0356. The largest absolute Gasteiger partial charge is 0.481 e. The number of sulfonamides is 1. The maximum atomic E-state index is 13.2. The Morgan fingerprint density at radius 2 is 1.87 bits per heavy atom. The van der Waals surface area contributed by atoms with Crippen molar-refractivity contribution < 1.29 is 36.6 Å². The normalized spacial score (nSPS) is 15.2. The van der Waals surface area contributed by atoms with E-state index in [0.717, 1.165) is 36.6 Å². The molecule has 0 saturated heterocycles. The average molecular weight is 560 g/mol. The van der Waals surface area contributed by atoms with Gasteiger partial charge < -0.3 is 14.6 Å². The molecule has 0 radical (unpaired) electrons. The quantitative estimate of drug-likeness (QED) is 0.242. The first-order valence-corrected chi connectivity index (χ1v) is 14.6. The molecule has 3 aromatic rings. The van der Waals surface area contributed by atoms with Crippen LogP contribution in [0.25, 0.3) is 11.1 Å². The Kier molecular flexibility index (Phi) is 8.74. The van der Waals surface area contributed by atoms with Crippen molar-refractivity contribution in [3.8, 4) is 22.6 Å². The number of carboxylic acid groups (broad SMARTS) is 1. The van der Waals surface area contributed by atoms with E-state index in [0.29, 0.717) is 41.0 Å². The Hall–Kier alpha value is -3.66. The number of hydrogen-bond donors (Lipinski definition) is 2. The van der Waals surface area contributed by atoms with Crippen LogP contribution in [-0.4, -0.2) is 32.4 Å². The van der Waals surface area contributed by atoms with Crippen LogP contribution in [0, 0.1) is 5.92 Å². The number of hydrogen-bond acceptors (Lipinski definition) is 5. The van der Waals surface area contributed by atoms with Crippen LogP contribution in [0.4, 0.5) is 14.5 Å². The van der Waals surface area contributed by atoms with Crippen molar-refractivity contribution >= 4 is 21.7 Å². The highest BCUT2D eigenvalue weighted by Gasteiger charge is 2.31. The minimum atomic E-state index is -3.56. The molecule has 0 spiro atoms. The number of halogens is 2. The number of aryl methyl sites for hydroxylation is 1. The van der Waals surface area contributed by atoms with Crippen molar-refractivity contribution in [2.75, 3.05) is 11.0 Å². The first-order valence-electron chi connectivity index (χ1n) is 12.7. The van der Waals surface area contributed by atoms with Gasteiger partial charge in [0.25, 0.3) is 0 Å². The summed E-state index contributed by atoms with van der Waals surface area (Å²) in [5, 5.41) is 9.27. The lowest BCUT2D eigenvalue weighted by Crippen LogP contribution is -2.18. The van der Waals surface area contributed by atoms with Gasteiger partial charge in [0.15, 0.2) is 0 Å². The van der Waals surface area contributed by atoms with Crippen molar-refractivity contribution in [3.05, 3.63) is 77.4 Å². The highest BCUT2D eigenvalue weighted by molar-refractivity contribution is 7.92. The van der Waals surface area contributed by atoms with Gasteiger partial charge in [0.2, 0.25) is 10.0 Å². The fourth-order valence-corrected chi connectivity index (χ4v) is 5.48. The molecule has 208 valence electrons. The number of fused-ring (bicyclic) bond motifs is 3. The summed E-state index contributed by atoms with van der Waals surface area (Å²) in [7, 11) is -3.56. The molecule has 0 amide bonds. The number of ether oxygens (including phenoxy) is 2. The summed E-state index contributed by atoms with van der Waals surface area (Å²) in [5.41, 5.74) is 3.75. The number of alkyl halides is 2. The van der Waals surface area contributed by atoms with Crippen molar-refractivity contribution in [1.82, 2.24) is 0 Å². The highest BCUT2D eigenvalue weighted by Crippen LogP contribution is 2.50. The van der Waals surface area contributed by atoms with Crippen LogP contribution in [0.5, 0.6) is 11.5 Å². The van der Waals surface area contributed by atoms with E-state index < -0.39 is 28.7 Å². The lowest BCUT2D eigenvalue weighted by molar-refractivity contribution is -0.142. The molecule has 0 fully saturated rings. The first-order chi connectivity index (χ1) is 18.6. The lowest BCUT2D eigenvalue weighted by atomic mass is 9.88. The van der Waals surface area contributed by atoms with Gasteiger partial charge >= 0.3 is 12.6 Å². The number of aliphatic carboxylic acids is 1. The predicted molar refractivity (Wildman–Crippen MR) is 145 cm³/mol. The maximum Gasteiger partial charge on any atom is 0.387 e. The SMILES string of the molecule is CCC(CCCCc1cccc(C2Oc3cccc(OC(F)F)c3-c3ccc(NS(C)(=O)=O)cc32)c1)C(=O)O. The molecular weight excluding hydrogens is 528 g/mol. The van der Waals surface area contributed by atoms with E-state index in [1.807, 2.05) is 31.2 Å². The van der Waals surface area contributed by atoms with Crippen LogP contribution in [0.3, 0.4) is 0 Å². The molecule has 2 N–H and O–H groups in total. The molecule has 0 bridgehead atoms. The lowest BCUT2D eigenvalue weighted by Gasteiger charge is -2.31. The molecule has 1 heterocycles. The molecule has 4 rings (SSSR count). The zero-order chi connectivity index (χ0) is 28.2. The van der Waals surface area contributed by atoms with Crippen molar-refractivity contribution in [1.29, 1.82) is 0 Å². The fourth-order valence-electron chi connectivity index (χ4n) is 4.93. The Bertz CT molecular complexity index is 1440. The molecule has 0 aromatic heterocycles. The molecule has 2 atom stereocenters. The zero-order valence-corrected chi connectivity index (χ0v) is 22.5. The monoisotopic (exact) mass is 559 g/mol. The molecule has 7 nitrogen and oxygen atoms in total. The standard InChI is InChI=1S/C29H31F2NO6S/c1-3-19(28(33)34)10-5-4-8-18-9-6-11-20(16-18)27-23-17-21(32-39(2,35)36)14-15-22(23)26-24(37-27)12-7-13-25(26)38-29(30)31/h6-7,9,11-17,19,27,29,32H,3-5,8,10H2,1-2H3,(H,33,34). The Balaban J connectivity index is 1.66. The van der Waals surface area contributed by atoms with Crippen LogP contribution in [0.1, 0.15) is 55.4 Å². The van der Waals surface area contributed by atoms with Crippen LogP contribution >= 0.6 is 0 Å². The van der Waals surface area contributed by atoms with Gasteiger partial charge in [0.1, 0.15) is 17.6 Å². The van der Waals surface area contributed by atoms with Crippen molar-refractivity contribution in [3.63, 3.8) is 0 Å². The van der Waals surface area contributed by atoms with E-state index in [1.165, 1.54) is 6.07 Å². The summed E-state index contributed by atoms with van der Waals surface area (Å²) in [4.78, 5) is 11.3. The fraction of sp³-hybridized carbons (Fsp3) is 0.345. The zero-order valence-electron chi connectivity index (χ0n) is 21.7. The Morgan fingerprint density at radius 1 is 1.10 bits per heavy atom. The summed E-state index contributed by atoms with van der Waals surface area (Å²) in [5.74, 6) is -0.761. The van der Waals surface area contributed by atoms with E-state index >= 15 is 0 Å². The molecule has 39 heavy (non-hydrogen) atoms. The molecule has 1 aliphatic rings. The topological polar surface area (TPSA) is 102 Å². The third-order valence-corrected chi connectivity index (χ3v) is 7.33. The number of nitrogens with one attached hydrogen (secondary N) is 1. The van der Waals surface area contributed by atoms with Gasteiger partial charge in [0, 0.05) is 11.3 Å². The van der Waals surface area contributed by atoms with Gasteiger partial charge in [0.05, 0.1) is 17.7 Å². The van der Waals surface area contributed by atoms with E-state index in [4.69, 9.17) is 9.47 Å². The molecule has 3 aromatic carbocycles. The van der Waals surface area contributed by atoms with Crippen molar-refractivity contribution in [2.45, 2.75) is 51.7 Å². The number of carboxylic acids is 1. The molecule has 1 aliphatic heterocycles.